The van der Waals surface area contributed by atoms with Crippen molar-refractivity contribution in [1.82, 2.24) is 24.9 Å². The van der Waals surface area contributed by atoms with Gasteiger partial charge in [-0.1, -0.05) is 37.1 Å². The van der Waals surface area contributed by atoms with Crippen molar-refractivity contribution in [3.63, 3.8) is 0 Å². The number of nitrogens with zero attached hydrogens (tertiary/aromatic N) is 5. The van der Waals surface area contributed by atoms with Crippen molar-refractivity contribution in [2.24, 2.45) is 12.0 Å². The van der Waals surface area contributed by atoms with Gasteiger partial charge in [-0.05, 0) is 37.1 Å². The largest absolute Gasteiger partial charge is 0.370 e. The average molecular weight is 425 g/mol. The van der Waals surface area contributed by atoms with Gasteiger partial charge >= 0.3 is 0 Å². The van der Waals surface area contributed by atoms with Crippen molar-refractivity contribution in [1.29, 1.82) is 0 Å². The Morgan fingerprint density at radius 2 is 1.84 bits per heavy atom. The van der Waals surface area contributed by atoms with Crippen LogP contribution in [0.25, 0.3) is 0 Å². The van der Waals surface area contributed by atoms with Crippen molar-refractivity contribution in [3.8, 4) is 0 Å². The second kappa shape index (κ2) is 10.8. The van der Waals surface area contributed by atoms with E-state index < -0.39 is 0 Å². The van der Waals surface area contributed by atoms with Gasteiger partial charge in [0, 0.05) is 45.5 Å². The fourth-order valence-electron chi connectivity index (χ4n) is 4.48. The highest BCUT2D eigenvalue weighted by Gasteiger charge is 2.25. The standard InChI is InChI=1S/C24H36N6O/c1-25-24(30-13-14-31-23(19-30)22-16-27-28(2)18-22)26-15-20-7-9-21(10-8-20)17-29-11-5-3-4-6-12-29/h7-10,16,18,23H,3-6,11-15,17,19H2,1-2H3,(H,25,26). The van der Waals surface area contributed by atoms with Crippen molar-refractivity contribution < 1.29 is 4.74 Å². The topological polar surface area (TPSA) is 57.9 Å². The van der Waals surface area contributed by atoms with Crippen LogP contribution in [0.15, 0.2) is 41.7 Å². The van der Waals surface area contributed by atoms with Crippen molar-refractivity contribution in [3.05, 3.63) is 53.3 Å². The Kier molecular flexibility index (Phi) is 7.59. The molecule has 0 saturated carbocycles. The number of rotatable bonds is 5. The summed E-state index contributed by atoms with van der Waals surface area (Å²) in [6.45, 7) is 6.61. The van der Waals surface area contributed by atoms with E-state index >= 15 is 0 Å². The van der Waals surface area contributed by atoms with Crippen LogP contribution in [0.1, 0.15) is 48.5 Å². The zero-order valence-corrected chi connectivity index (χ0v) is 19.0. The molecule has 1 atom stereocenters. The minimum Gasteiger partial charge on any atom is -0.370 e. The SMILES string of the molecule is CN=C(NCc1ccc(CN2CCCCCC2)cc1)N1CCOC(c2cnn(C)c2)C1. The number of aromatic nitrogens is 2. The van der Waals surface area contributed by atoms with Crippen molar-refractivity contribution in [2.45, 2.75) is 44.9 Å². The lowest BCUT2D eigenvalue weighted by Gasteiger charge is -2.34. The first-order valence-electron chi connectivity index (χ1n) is 11.6. The predicted molar refractivity (Wildman–Crippen MR) is 124 cm³/mol. The minimum atomic E-state index is 0.0271. The molecule has 31 heavy (non-hydrogen) atoms. The van der Waals surface area contributed by atoms with E-state index in [4.69, 9.17) is 4.74 Å². The first kappa shape index (κ1) is 21.8. The molecule has 2 aromatic rings. The van der Waals surface area contributed by atoms with Gasteiger partial charge in [-0.3, -0.25) is 14.6 Å². The molecule has 0 aliphatic carbocycles. The maximum Gasteiger partial charge on any atom is 0.194 e. The summed E-state index contributed by atoms with van der Waals surface area (Å²) in [6, 6.07) is 9.03. The lowest BCUT2D eigenvalue weighted by Crippen LogP contribution is -2.47. The minimum absolute atomic E-state index is 0.0271. The van der Waals surface area contributed by atoms with E-state index in [0.717, 1.165) is 37.7 Å². The number of hydrogen-bond acceptors (Lipinski definition) is 4. The summed E-state index contributed by atoms with van der Waals surface area (Å²) < 4.78 is 7.79. The van der Waals surface area contributed by atoms with Gasteiger partial charge in [-0.25, -0.2) is 0 Å². The number of ether oxygens (including phenoxy) is 1. The third-order valence-corrected chi connectivity index (χ3v) is 6.25. The summed E-state index contributed by atoms with van der Waals surface area (Å²) in [4.78, 5) is 9.38. The van der Waals surface area contributed by atoms with Crippen LogP contribution < -0.4 is 5.32 Å². The monoisotopic (exact) mass is 424 g/mol. The summed E-state index contributed by atoms with van der Waals surface area (Å²) >= 11 is 0. The first-order chi connectivity index (χ1) is 15.2. The van der Waals surface area contributed by atoms with Gasteiger partial charge in [0.1, 0.15) is 6.10 Å². The normalized spacial score (nSPS) is 21.2. The number of aryl methyl sites for hydroxylation is 1. The quantitative estimate of drug-likeness (QED) is 0.591. The average Bonchev–Trinajstić information content (AvgIpc) is 3.07. The lowest BCUT2D eigenvalue weighted by atomic mass is 10.1. The predicted octanol–water partition coefficient (Wildman–Crippen LogP) is 2.95. The molecule has 0 bridgehead atoms. The molecular weight excluding hydrogens is 388 g/mol. The van der Waals surface area contributed by atoms with Crippen LogP contribution in [0, 0.1) is 0 Å². The van der Waals surface area contributed by atoms with E-state index in [1.807, 2.05) is 31.2 Å². The van der Waals surface area contributed by atoms with Crippen LogP contribution >= 0.6 is 0 Å². The molecule has 1 unspecified atom stereocenters. The van der Waals surface area contributed by atoms with E-state index in [1.54, 1.807) is 0 Å². The Labute approximate surface area is 186 Å². The molecule has 4 rings (SSSR count). The molecule has 3 heterocycles. The summed E-state index contributed by atoms with van der Waals surface area (Å²) in [7, 11) is 3.78. The van der Waals surface area contributed by atoms with Crippen molar-refractivity contribution in [2.75, 3.05) is 39.8 Å². The van der Waals surface area contributed by atoms with E-state index in [0.29, 0.717) is 6.61 Å². The fraction of sp³-hybridized carbons (Fsp3) is 0.583. The van der Waals surface area contributed by atoms with Gasteiger partial charge in [0.15, 0.2) is 5.96 Å². The van der Waals surface area contributed by atoms with Gasteiger partial charge in [0.2, 0.25) is 0 Å². The first-order valence-corrected chi connectivity index (χ1v) is 11.6. The van der Waals surface area contributed by atoms with E-state index in [-0.39, 0.29) is 6.10 Å². The summed E-state index contributed by atoms with van der Waals surface area (Å²) in [5.74, 6) is 0.922. The molecule has 168 valence electrons. The Hall–Kier alpha value is -2.38. The van der Waals surface area contributed by atoms with Gasteiger partial charge in [0.05, 0.1) is 19.3 Å². The van der Waals surface area contributed by atoms with Crippen LogP contribution in [0.3, 0.4) is 0 Å². The van der Waals surface area contributed by atoms with E-state index in [9.17, 15) is 0 Å². The molecule has 1 N–H and O–H groups in total. The number of aliphatic imine (C=N–C) groups is 1. The Morgan fingerprint density at radius 3 is 2.52 bits per heavy atom. The van der Waals surface area contributed by atoms with Crippen LogP contribution in [-0.2, 0) is 24.9 Å². The van der Waals surface area contributed by atoms with Gasteiger partial charge in [-0.2, -0.15) is 5.10 Å². The highest BCUT2D eigenvalue weighted by Crippen LogP contribution is 2.21. The molecule has 2 aliphatic rings. The smallest absolute Gasteiger partial charge is 0.194 e. The molecule has 0 amide bonds. The molecule has 0 radical (unpaired) electrons. The van der Waals surface area contributed by atoms with Crippen molar-refractivity contribution >= 4 is 5.96 Å². The molecule has 1 aromatic heterocycles. The number of likely N-dealkylation sites (tertiary alicyclic amines) is 1. The van der Waals surface area contributed by atoms with Crippen LogP contribution in [-0.4, -0.2) is 65.4 Å². The lowest BCUT2D eigenvalue weighted by molar-refractivity contribution is -0.00805. The van der Waals surface area contributed by atoms with E-state index in [1.165, 1.54) is 49.9 Å². The number of benzene rings is 1. The molecule has 0 spiro atoms. The summed E-state index contributed by atoms with van der Waals surface area (Å²) in [5.41, 5.74) is 3.79. The second-order valence-electron chi connectivity index (χ2n) is 8.66. The number of nitrogens with one attached hydrogen (secondary N) is 1. The molecule has 7 nitrogen and oxygen atoms in total. The number of guanidine groups is 1. The van der Waals surface area contributed by atoms with Gasteiger partial charge in [0.25, 0.3) is 0 Å². The highest BCUT2D eigenvalue weighted by atomic mass is 16.5. The van der Waals surface area contributed by atoms with Crippen LogP contribution in [0.5, 0.6) is 0 Å². The maximum atomic E-state index is 5.97. The molecule has 2 saturated heterocycles. The zero-order chi connectivity index (χ0) is 21.5. The van der Waals surface area contributed by atoms with Gasteiger partial charge < -0.3 is 15.0 Å². The third kappa shape index (κ3) is 6.08. The van der Waals surface area contributed by atoms with Crippen LogP contribution in [0.4, 0.5) is 0 Å². The summed E-state index contributed by atoms with van der Waals surface area (Å²) in [6.07, 6.45) is 9.38. The Bertz CT molecular complexity index is 838. The molecular formula is C24H36N6O. The molecule has 1 aromatic carbocycles. The maximum absolute atomic E-state index is 5.97. The third-order valence-electron chi connectivity index (χ3n) is 6.25. The number of morpholine rings is 1. The summed E-state index contributed by atoms with van der Waals surface area (Å²) in [5, 5.41) is 7.81. The molecule has 2 fully saturated rings. The second-order valence-corrected chi connectivity index (χ2v) is 8.66. The Morgan fingerprint density at radius 1 is 1.10 bits per heavy atom. The fourth-order valence-corrected chi connectivity index (χ4v) is 4.48. The Balaban J connectivity index is 1.29. The highest BCUT2D eigenvalue weighted by molar-refractivity contribution is 5.80. The molecule has 2 aliphatic heterocycles. The van der Waals surface area contributed by atoms with E-state index in [2.05, 4.69) is 49.5 Å². The van der Waals surface area contributed by atoms with Crippen LogP contribution in [0.2, 0.25) is 0 Å². The van der Waals surface area contributed by atoms with Gasteiger partial charge in [-0.15, -0.1) is 0 Å². The molecule has 7 heteroatoms. The zero-order valence-electron chi connectivity index (χ0n) is 19.0. The number of hydrogen-bond donors (Lipinski definition) is 1.